The summed E-state index contributed by atoms with van der Waals surface area (Å²) in [6, 6.07) is 9.72. The van der Waals surface area contributed by atoms with Gasteiger partial charge in [0.1, 0.15) is 95.7 Å². The number of aromatic nitrogens is 8. The molecule has 0 atom stereocenters. The van der Waals surface area contributed by atoms with Crippen molar-refractivity contribution in [1.29, 1.82) is 0 Å². The molecular weight excluding hydrogens is 1220 g/mol. The molecule has 8 bridgehead atoms. The van der Waals surface area contributed by atoms with Crippen molar-refractivity contribution in [3.05, 3.63) is 164 Å². The van der Waals surface area contributed by atoms with E-state index in [1.807, 2.05) is 71.2 Å². The molecule has 0 amide bonds. The van der Waals surface area contributed by atoms with Crippen molar-refractivity contribution >= 4 is 0 Å². The standard InChI is InChI=1S/C76H96N8O12/c1-9-13-17-21-49-53-33-55-50(22-18-14-10-2)57-35-59-52(24-20-16-12-4)60-36-58-51(23-19-15-11-3)56-34-54(49)70-62(38-86-42-66-78-26-30-82(66)6)72(56)92-47-94-74(58)64(40-88-44-68-80-28-32-84(68)8)76(60)96-48-95-75(59)63(39-87-43-67-79-27-31-83(67)7)73(57)93-46-91-71(55)61(69(53)89-45-90-70)37-85-41-65-77-25-29-81(65)5/h25-36,49-52H,9-24,37-48H2,1-8H3. The van der Waals surface area contributed by atoms with Gasteiger partial charge < -0.3 is 75.1 Å². The molecule has 8 aromatic rings. The summed E-state index contributed by atoms with van der Waals surface area (Å²) >= 11 is 0. The fourth-order valence-corrected chi connectivity index (χ4v) is 15.0. The molecule has 1 aliphatic carbocycles. The highest BCUT2D eigenvalue weighted by atomic mass is 16.7. The van der Waals surface area contributed by atoms with Crippen molar-refractivity contribution in [3.8, 4) is 46.0 Å². The molecule has 20 nitrogen and oxygen atoms in total. The van der Waals surface area contributed by atoms with Gasteiger partial charge in [0, 0.05) is 146 Å². The lowest BCUT2D eigenvalue weighted by molar-refractivity contribution is 0.0640. The van der Waals surface area contributed by atoms with Gasteiger partial charge in [0.15, 0.2) is 0 Å². The fraction of sp³-hybridized carbons (Fsp3) is 0.526. The number of ether oxygens (including phenoxy) is 12. The molecule has 4 aromatic carbocycles. The van der Waals surface area contributed by atoms with Gasteiger partial charge in [-0.1, -0.05) is 105 Å². The van der Waals surface area contributed by atoms with Gasteiger partial charge in [0.05, 0.1) is 48.7 Å². The van der Waals surface area contributed by atoms with Gasteiger partial charge >= 0.3 is 0 Å². The molecule has 5 aliphatic rings. The minimum absolute atomic E-state index is 0.128. The predicted molar refractivity (Wildman–Crippen MR) is 361 cm³/mol. The van der Waals surface area contributed by atoms with E-state index in [0.29, 0.717) is 46.0 Å². The Morgan fingerprint density at radius 1 is 0.302 bits per heavy atom. The maximum atomic E-state index is 7.24. The molecule has 0 unspecified atom stereocenters. The van der Waals surface area contributed by atoms with Gasteiger partial charge in [-0.05, 0) is 49.9 Å². The molecule has 0 radical (unpaired) electrons. The molecule has 20 heteroatoms. The van der Waals surface area contributed by atoms with Crippen LogP contribution >= 0.6 is 0 Å². The van der Waals surface area contributed by atoms with Crippen molar-refractivity contribution in [2.75, 3.05) is 27.2 Å². The van der Waals surface area contributed by atoms with Gasteiger partial charge in [-0.3, -0.25) is 0 Å². The minimum Gasteiger partial charge on any atom is -0.457 e. The number of benzene rings is 4. The highest BCUT2D eigenvalue weighted by Crippen LogP contribution is 2.59. The molecule has 0 spiro atoms. The van der Waals surface area contributed by atoms with Crippen LogP contribution in [0, 0.1) is 0 Å². The number of hydrogen-bond acceptors (Lipinski definition) is 16. The Bertz CT molecular complexity index is 3340. The first kappa shape index (κ1) is 66.6. The Kier molecular flexibility index (Phi) is 21.5. The van der Waals surface area contributed by atoms with Gasteiger partial charge in [-0.15, -0.1) is 0 Å². The topological polar surface area (TPSA) is 182 Å². The Hall–Kier alpha value is -8.04. The highest BCUT2D eigenvalue weighted by molar-refractivity contribution is 5.69. The average Bonchev–Trinajstić information content (AvgIpc) is 0.777. The van der Waals surface area contributed by atoms with Crippen molar-refractivity contribution in [3.63, 3.8) is 0 Å². The van der Waals surface area contributed by atoms with E-state index in [2.05, 4.69) is 71.9 Å². The number of nitrogens with zero attached hydrogens (tertiary/aromatic N) is 8. The lowest BCUT2D eigenvalue weighted by Crippen LogP contribution is -2.26. The predicted octanol–water partition coefficient (Wildman–Crippen LogP) is 15.6. The molecule has 4 aliphatic heterocycles. The molecular formula is C76H96N8O12. The largest absolute Gasteiger partial charge is 0.457 e. The Morgan fingerprint density at radius 3 is 0.667 bits per heavy atom. The van der Waals surface area contributed by atoms with Gasteiger partial charge in [-0.25, -0.2) is 19.9 Å². The Balaban J connectivity index is 1.14. The molecule has 13 rings (SSSR count). The summed E-state index contributed by atoms with van der Waals surface area (Å²) in [5, 5.41) is 0. The maximum Gasteiger partial charge on any atom is 0.230 e. The van der Waals surface area contributed by atoms with Crippen molar-refractivity contribution in [2.45, 2.75) is 207 Å². The smallest absolute Gasteiger partial charge is 0.230 e. The molecule has 0 saturated heterocycles. The molecule has 4 aromatic heterocycles. The lowest BCUT2D eigenvalue weighted by Gasteiger charge is -2.38. The van der Waals surface area contributed by atoms with E-state index in [9.17, 15) is 0 Å². The van der Waals surface area contributed by atoms with E-state index in [4.69, 9.17) is 56.8 Å². The Labute approximate surface area is 564 Å². The summed E-state index contributed by atoms with van der Waals surface area (Å²) in [5.41, 5.74) is 11.5. The zero-order valence-electron chi connectivity index (χ0n) is 57.5. The van der Waals surface area contributed by atoms with Crippen LogP contribution in [0.25, 0.3) is 0 Å². The zero-order valence-corrected chi connectivity index (χ0v) is 57.5. The van der Waals surface area contributed by atoms with Gasteiger partial charge in [0.2, 0.25) is 27.2 Å². The monoisotopic (exact) mass is 1310 g/mol. The summed E-state index contributed by atoms with van der Waals surface area (Å²) in [7, 11) is 7.97. The molecule has 8 heterocycles. The Morgan fingerprint density at radius 2 is 0.500 bits per heavy atom. The first-order chi connectivity index (χ1) is 47.2. The molecule has 96 heavy (non-hydrogen) atoms. The molecule has 0 saturated carbocycles. The van der Waals surface area contributed by atoms with Crippen LogP contribution in [0.4, 0.5) is 0 Å². The lowest BCUT2D eigenvalue weighted by atomic mass is 9.74. The second-order valence-electron chi connectivity index (χ2n) is 26.4. The first-order valence-corrected chi connectivity index (χ1v) is 35.1. The summed E-state index contributed by atoms with van der Waals surface area (Å²) < 4.78 is 93.5. The van der Waals surface area contributed by atoms with Crippen molar-refractivity contribution in [2.24, 2.45) is 28.2 Å². The second-order valence-corrected chi connectivity index (χ2v) is 26.4. The number of hydrogen-bond donors (Lipinski definition) is 0. The summed E-state index contributed by atoms with van der Waals surface area (Å²) in [5.74, 6) is 7.60. The maximum absolute atomic E-state index is 7.24. The molecule has 0 N–H and O–H groups in total. The van der Waals surface area contributed by atoms with Gasteiger partial charge in [0.25, 0.3) is 0 Å². The van der Waals surface area contributed by atoms with Crippen LogP contribution < -0.4 is 37.9 Å². The van der Waals surface area contributed by atoms with Crippen LogP contribution in [0.5, 0.6) is 46.0 Å². The summed E-state index contributed by atoms with van der Waals surface area (Å²) in [6.45, 7) is 10.2. The van der Waals surface area contributed by atoms with E-state index in [1.54, 1.807) is 24.8 Å². The summed E-state index contributed by atoms with van der Waals surface area (Å²) in [6.07, 6.45) is 30.1. The third-order valence-corrected chi connectivity index (χ3v) is 20.1. The van der Waals surface area contributed by atoms with Crippen molar-refractivity contribution < 1.29 is 56.8 Å². The van der Waals surface area contributed by atoms with Crippen LogP contribution in [0.3, 0.4) is 0 Å². The second kappa shape index (κ2) is 31.0. The van der Waals surface area contributed by atoms with Crippen LogP contribution in [0.2, 0.25) is 0 Å². The van der Waals surface area contributed by atoms with E-state index >= 15 is 0 Å². The van der Waals surface area contributed by atoms with Crippen LogP contribution in [-0.2, 0) is 100.0 Å². The van der Waals surface area contributed by atoms with Crippen LogP contribution in [0.1, 0.15) is 244 Å². The normalized spacial score (nSPS) is 17.2. The van der Waals surface area contributed by atoms with E-state index in [0.717, 1.165) is 193 Å². The van der Waals surface area contributed by atoms with E-state index in [-0.39, 0.29) is 104 Å². The molecule has 0 fully saturated rings. The highest BCUT2D eigenvalue weighted by Gasteiger charge is 2.42. The summed E-state index contributed by atoms with van der Waals surface area (Å²) in [4.78, 5) is 18.7. The third-order valence-electron chi connectivity index (χ3n) is 20.1. The SMILES string of the molecule is CCCCCC1c2cc3c4c(COCc5nccn5C)c2OCOc2c1cc1c(c2COCc2nccn2C)OCOc2c(cc5c(c2COCc2nccn2C)OCOc2c(cc(c(c2COCc2nccn2C)OCO4)C3CCCCC)C5CCCCC)C1CCCCC. The van der Waals surface area contributed by atoms with E-state index < -0.39 is 0 Å². The molecule has 512 valence electrons. The fourth-order valence-electron chi connectivity index (χ4n) is 15.0. The first-order valence-electron chi connectivity index (χ1n) is 35.1. The van der Waals surface area contributed by atoms with Crippen LogP contribution in [-0.4, -0.2) is 65.4 Å². The average molecular weight is 1310 g/mol. The van der Waals surface area contributed by atoms with Gasteiger partial charge in [-0.2, -0.15) is 0 Å². The van der Waals surface area contributed by atoms with Crippen LogP contribution in [0.15, 0.2) is 73.8 Å². The zero-order chi connectivity index (χ0) is 66.1. The number of unbranched alkanes of at least 4 members (excludes halogenated alkanes) is 8. The number of imidazole rings is 4. The quantitative estimate of drug-likeness (QED) is 0.0363. The third kappa shape index (κ3) is 13.8. The van der Waals surface area contributed by atoms with Crippen molar-refractivity contribution in [1.82, 2.24) is 38.2 Å². The number of aryl methyl sites for hydroxylation is 4. The number of rotatable bonds is 32. The minimum atomic E-state index is -0.266. The van der Waals surface area contributed by atoms with E-state index in [1.165, 1.54) is 0 Å².